The van der Waals surface area contributed by atoms with E-state index in [-0.39, 0.29) is 6.54 Å². The number of hydrogen-bond acceptors (Lipinski definition) is 3. The highest BCUT2D eigenvalue weighted by atomic mass is 32.2. The highest BCUT2D eigenvalue weighted by Gasteiger charge is 2.38. The van der Waals surface area contributed by atoms with Crippen molar-refractivity contribution in [3.8, 4) is 0 Å². The van der Waals surface area contributed by atoms with E-state index in [4.69, 9.17) is 0 Å². The van der Waals surface area contributed by atoms with Gasteiger partial charge in [0, 0.05) is 18.0 Å². The molecule has 0 saturated carbocycles. The van der Waals surface area contributed by atoms with Gasteiger partial charge in [0.05, 0.1) is 16.0 Å². The highest BCUT2D eigenvalue weighted by molar-refractivity contribution is 7.85. The van der Waals surface area contributed by atoms with Crippen LogP contribution in [0.4, 0.5) is 4.39 Å². The number of rotatable bonds is 8. The zero-order chi connectivity index (χ0) is 17.6. The predicted octanol–water partition coefficient (Wildman–Crippen LogP) is 2.98. The zero-order valence-electron chi connectivity index (χ0n) is 14.0. The minimum Gasteiger partial charge on any atom is -0.385 e. The summed E-state index contributed by atoms with van der Waals surface area (Å²) in [7, 11) is -1.48. The average molecular weight is 349 g/mol. The van der Waals surface area contributed by atoms with Gasteiger partial charge >= 0.3 is 0 Å². The molecule has 130 valence electrons. The monoisotopic (exact) mass is 349 g/mol. The Bertz CT molecular complexity index is 663. The van der Waals surface area contributed by atoms with Gasteiger partial charge in [-0.05, 0) is 31.5 Å². The van der Waals surface area contributed by atoms with Crippen LogP contribution in [0.1, 0.15) is 18.1 Å². The minimum absolute atomic E-state index is 0.0389. The number of alkyl halides is 1. The first kappa shape index (κ1) is 18.8. The molecule has 0 aliphatic heterocycles. The zero-order valence-corrected chi connectivity index (χ0v) is 14.9. The molecule has 0 saturated heterocycles. The molecule has 3 atom stereocenters. The molecule has 24 heavy (non-hydrogen) atoms. The normalized spacial score (nSPS) is 16.3. The van der Waals surface area contributed by atoms with Crippen molar-refractivity contribution >= 4 is 10.8 Å². The predicted molar refractivity (Wildman–Crippen MR) is 96.1 cm³/mol. The summed E-state index contributed by atoms with van der Waals surface area (Å²) in [5.74, 6) is 0. The van der Waals surface area contributed by atoms with Gasteiger partial charge in [-0.2, -0.15) is 0 Å². The summed E-state index contributed by atoms with van der Waals surface area (Å²) in [5, 5.41) is 13.0. The van der Waals surface area contributed by atoms with Gasteiger partial charge in [-0.15, -0.1) is 0 Å². The van der Waals surface area contributed by atoms with Crippen LogP contribution in [-0.4, -0.2) is 33.4 Å². The lowest BCUT2D eigenvalue weighted by atomic mass is 10.0. The van der Waals surface area contributed by atoms with Gasteiger partial charge in [-0.25, -0.2) is 4.39 Å². The Morgan fingerprint density at radius 2 is 1.79 bits per heavy atom. The average Bonchev–Trinajstić information content (AvgIpc) is 2.62. The van der Waals surface area contributed by atoms with E-state index < -0.39 is 28.3 Å². The summed E-state index contributed by atoms with van der Waals surface area (Å²) in [6.45, 7) is 3.18. The van der Waals surface area contributed by atoms with Crippen LogP contribution in [-0.2, 0) is 17.3 Å². The molecular formula is C19H24FNO2S. The Morgan fingerprint density at radius 3 is 2.38 bits per heavy atom. The molecule has 0 heterocycles. The number of benzene rings is 2. The first-order valence-corrected chi connectivity index (χ1v) is 9.18. The third kappa shape index (κ3) is 4.72. The van der Waals surface area contributed by atoms with Gasteiger partial charge in [0.25, 0.3) is 0 Å². The van der Waals surface area contributed by atoms with Crippen LogP contribution in [0, 0.1) is 6.92 Å². The maximum absolute atomic E-state index is 13.5. The van der Waals surface area contributed by atoms with Gasteiger partial charge in [0.2, 0.25) is 0 Å². The van der Waals surface area contributed by atoms with Crippen molar-refractivity contribution in [2.75, 3.05) is 13.2 Å². The van der Waals surface area contributed by atoms with Crippen LogP contribution in [0.5, 0.6) is 0 Å². The molecule has 0 aliphatic carbocycles. The second kappa shape index (κ2) is 8.51. The maximum Gasteiger partial charge on any atom is 0.121 e. The fourth-order valence-corrected chi connectivity index (χ4v) is 3.75. The van der Waals surface area contributed by atoms with Gasteiger partial charge in [-0.1, -0.05) is 48.0 Å². The molecule has 0 spiro atoms. The number of aliphatic hydroxyl groups is 1. The Kier molecular flexibility index (Phi) is 6.66. The summed E-state index contributed by atoms with van der Waals surface area (Å²) < 4.78 is 26.2. The lowest BCUT2D eigenvalue weighted by Crippen LogP contribution is -2.52. The van der Waals surface area contributed by atoms with Crippen LogP contribution >= 0.6 is 0 Å². The SMILES string of the molecule is Cc1ccc([S@](=O)[C@@H](C)[C@@](O)(CF)CNCc2ccccc2)cc1. The van der Waals surface area contributed by atoms with E-state index in [0.717, 1.165) is 11.1 Å². The van der Waals surface area contributed by atoms with Crippen molar-refractivity contribution in [2.45, 2.75) is 36.1 Å². The topological polar surface area (TPSA) is 49.3 Å². The molecule has 2 aromatic carbocycles. The minimum atomic E-state index is -1.68. The molecule has 5 heteroatoms. The molecule has 0 fully saturated rings. The van der Waals surface area contributed by atoms with Gasteiger partial charge in [0.15, 0.2) is 0 Å². The summed E-state index contributed by atoms with van der Waals surface area (Å²) in [4.78, 5) is 0.600. The first-order valence-electron chi connectivity index (χ1n) is 7.96. The standard InChI is InChI=1S/C19H24FNO2S/c1-15-8-10-18(11-9-15)24(23)16(2)19(22,13-20)14-21-12-17-6-4-3-5-7-17/h3-11,16,21-22H,12-14H2,1-2H3/t16-,19+,24+/m0/s1. The van der Waals surface area contributed by atoms with Crippen molar-refractivity contribution < 1.29 is 13.7 Å². The molecule has 3 nitrogen and oxygen atoms in total. The molecule has 2 N–H and O–H groups in total. The molecular weight excluding hydrogens is 325 g/mol. The third-order valence-electron chi connectivity index (χ3n) is 4.17. The van der Waals surface area contributed by atoms with E-state index >= 15 is 0 Å². The molecule has 0 unspecified atom stereocenters. The van der Waals surface area contributed by atoms with Crippen LogP contribution in [0.25, 0.3) is 0 Å². The van der Waals surface area contributed by atoms with Crippen LogP contribution in [0.2, 0.25) is 0 Å². The molecule has 0 radical (unpaired) electrons. The van der Waals surface area contributed by atoms with Gasteiger partial charge in [0.1, 0.15) is 12.3 Å². The van der Waals surface area contributed by atoms with Crippen molar-refractivity contribution in [1.29, 1.82) is 0 Å². The van der Waals surface area contributed by atoms with Crippen molar-refractivity contribution in [3.05, 3.63) is 65.7 Å². The number of hydrogen-bond donors (Lipinski definition) is 2. The van der Waals surface area contributed by atoms with Gasteiger partial charge < -0.3 is 10.4 Å². The Hall–Kier alpha value is -1.56. The highest BCUT2D eigenvalue weighted by Crippen LogP contribution is 2.22. The van der Waals surface area contributed by atoms with Crippen LogP contribution in [0.15, 0.2) is 59.5 Å². The van der Waals surface area contributed by atoms with E-state index in [1.165, 1.54) is 0 Å². The third-order valence-corrected chi connectivity index (χ3v) is 5.98. The second-order valence-corrected chi connectivity index (χ2v) is 7.85. The molecule has 2 aromatic rings. The Balaban J connectivity index is 2.01. The molecule has 0 amide bonds. The second-order valence-electron chi connectivity index (χ2n) is 6.08. The Labute approximate surface area is 145 Å². The summed E-state index contributed by atoms with van der Waals surface area (Å²) in [6.07, 6.45) is 0. The van der Waals surface area contributed by atoms with Crippen molar-refractivity contribution in [1.82, 2.24) is 5.32 Å². The van der Waals surface area contributed by atoms with Crippen molar-refractivity contribution in [2.24, 2.45) is 0 Å². The number of aryl methyl sites for hydroxylation is 1. The van der Waals surface area contributed by atoms with Gasteiger partial charge in [-0.3, -0.25) is 4.21 Å². The summed E-state index contributed by atoms with van der Waals surface area (Å²) in [5.41, 5.74) is 0.435. The fraction of sp³-hybridized carbons (Fsp3) is 0.368. The molecule has 0 bridgehead atoms. The van der Waals surface area contributed by atoms with Crippen LogP contribution in [0.3, 0.4) is 0 Å². The maximum atomic E-state index is 13.5. The van der Waals surface area contributed by atoms with E-state index in [2.05, 4.69) is 5.32 Å². The van der Waals surface area contributed by atoms with E-state index in [0.29, 0.717) is 11.4 Å². The molecule has 2 rings (SSSR count). The molecule has 0 aliphatic rings. The number of halogens is 1. The lowest BCUT2D eigenvalue weighted by Gasteiger charge is -2.31. The Morgan fingerprint density at radius 1 is 1.17 bits per heavy atom. The summed E-state index contributed by atoms with van der Waals surface area (Å²) >= 11 is 0. The first-order chi connectivity index (χ1) is 11.5. The van der Waals surface area contributed by atoms with E-state index in [9.17, 15) is 13.7 Å². The fourth-order valence-electron chi connectivity index (χ4n) is 2.39. The van der Waals surface area contributed by atoms with Crippen LogP contribution < -0.4 is 5.32 Å². The largest absolute Gasteiger partial charge is 0.385 e. The quantitative estimate of drug-likeness (QED) is 0.770. The van der Waals surface area contributed by atoms with E-state index in [1.54, 1.807) is 19.1 Å². The molecule has 0 aromatic heterocycles. The van der Waals surface area contributed by atoms with E-state index in [1.807, 2.05) is 49.4 Å². The summed E-state index contributed by atoms with van der Waals surface area (Å²) in [6, 6.07) is 16.9. The lowest BCUT2D eigenvalue weighted by molar-refractivity contribution is 0.0163. The van der Waals surface area contributed by atoms with Crippen molar-refractivity contribution in [3.63, 3.8) is 0 Å². The smallest absolute Gasteiger partial charge is 0.121 e. The number of nitrogens with one attached hydrogen (secondary N) is 1.